The Hall–Kier alpha value is -3.96. The first-order valence-corrected chi connectivity index (χ1v) is 12.4. The monoisotopic (exact) mass is 694 g/mol. The summed E-state index contributed by atoms with van der Waals surface area (Å²) in [5, 5.41) is 4.95. The number of fused-ring (bicyclic) bond motifs is 1. The van der Waals surface area contributed by atoms with Gasteiger partial charge in [0.05, 0.1) is 5.69 Å². The van der Waals surface area contributed by atoms with Crippen LogP contribution in [0.1, 0.15) is 26.3 Å². The number of benzene rings is 2. The Balaban J connectivity index is 0.00000308. The molecule has 0 saturated carbocycles. The zero-order chi connectivity index (χ0) is 26.3. The van der Waals surface area contributed by atoms with Gasteiger partial charge in [-0.3, -0.25) is 0 Å². The summed E-state index contributed by atoms with van der Waals surface area (Å²) < 4.78 is 7.98. The van der Waals surface area contributed by atoms with Gasteiger partial charge < -0.3 is 19.5 Å². The van der Waals surface area contributed by atoms with E-state index in [1.807, 2.05) is 96.7 Å². The molecule has 7 nitrogen and oxygen atoms in total. The number of hydrogen-bond acceptors (Lipinski definition) is 6. The molecule has 1 aliphatic heterocycles. The number of rotatable bonds is 5. The molecule has 3 aromatic heterocycles. The molecule has 4 heterocycles. The Morgan fingerprint density at radius 3 is 2.46 bits per heavy atom. The predicted molar refractivity (Wildman–Crippen MR) is 149 cm³/mol. The maximum absolute atomic E-state index is 6.18. The molecule has 0 amide bonds. The van der Waals surface area contributed by atoms with Crippen LogP contribution >= 0.6 is 0 Å². The van der Waals surface area contributed by atoms with E-state index in [1.165, 1.54) is 0 Å². The number of nitrogens with zero attached hydrogens (tertiary/aromatic N) is 6. The Labute approximate surface area is 243 Å². The van der Waals surface area contributed by atoms with Crippen molar-refractivity contribution in [2.75, 3.05) is 11.9 Å². The second-order valence-electron chi connectivity index (χ2n) is 10.2. The third kappa shape index (κ3) is 5.45. The van der Waals surface area contributed by atoms with Crippen LogP contribution in [0.15, 0.2) is 85.5 Å². The van der Waals surface area contributed by atoms with Crippen molar-refractivity contribution in [3.8, 4) is 28.6 Å². The Kier molecular flexibility index (Phi) is 7.28. The van der Waals surface area contributed by atoms with Crippen LogP contribution in [-0.2, 0) is 26.5 Å². The Morgan fingerprint density at radius 2 is 1.72 bits per heavy atom. The summed E-state index contributed by atoms with van der Waals surface area (Å²) in [4.78, 5) is 13.4. The summed E-state index contributed by atoms with van der Waals surface area (Å²) in [7, 11) is 1.98. The van der Waals surface area contributed by atoms with Crippen LogP contribution in [-0.4, -0.2) is 31.7 Å². The summed E-state index contributed by atoms with van der Waals surface area (Å²) in [6, 6.07) is 26.6. The molecular formula is C31H27N6OPt-3. The van der Waals surface area contributed by atoms with Crippen LogP contribution in [0.5, 0.6) is 11.5 Å². The quantitative estimate of drug-likeness (QED) is 0.196. The molecule has 200 valence electrons. The zero-order valence-corrected chi connectivity index (χ0v) is 24.3. The molecule has 0 saturated heterocycles. The third-order valence-electron chi connectivity index (χ3n) is 6.31. The van der Waals surface area contributed by atoms with Gasteiger partial charge in [-0.05, 0) is 59.8 Å². The summed E-state index contributed by atoms with van der Waals surface area (Å²) in [5.74, 6) is 1.74. The van der Waals surface area contributed by atoms with E-state index >= 15 is 0 Å². The van der Waals surface area contributed by atoms with Crippen LogP contribution in [0.4, 0.5) is 5.69 Å². The first-order chi connectivity index (χ1) is 18.3. The first-order valence-electron chi connectivity index (χ1n) is 12.4. The van der Waals surface area contributed by atoms with Crippen molar-refractivity contribution >= 4 is 16.7 Å². The molecule has 0 spiro atoms. The van der Waals surface area contributed by atoms with Gasteiger partial charge in [-0.25, -0.2) is 9.67 Å². The Bertz CT molecular complexity index is 1640. The maximum Gasteiger partial charge on any atom is 0.151 e. The average Bonchev–Trinajstić information content (AvgIpc) is 3.53. The van der Waals surface area contributed by atoms with E-state index in [2.05, 4.69) is 44.0 Å². The van der Waals surface area contributed by atoms with Gasteiger partial charge in [-0.1, -0.05) is 51.1 Å². The average molecular weight is 695 g/mol. The topological polar surface area (TPSA) is 59.3 Å². The summed E-state index contributed by atoms with van der Waals surface area (Å²) in [5.41, 5.74) is 5.16. The minimum absolute atomic E-state index is 0. The van der Waals surface area contributed by atoms with E-state index in [0.29, 0.717) is 22.8 Å². The fourth-order valence-electron chi connectivity index (χ4n) is 4.28. The van der Waals surface area contributed by atoms with Gasteiger partial charge in [-0.2, -0.15) is 17.8 Å². The molecule has 0 bridgehead atoms. The van der Waals surface area contributed by atoms with Crippen LogP contribution in [0.2, 0.25) is 0 Å². The number of aromatic nitrogens is 4. The first kappa shape index (κ1) is 26.6. The molecular weight excluding hydrogens is 667 g/mol. The van der Waals surface area contributed by atoms with Crippen LogP contribution in [0.3, 0.4) is 0 Å². The fourth-order valence-corrected chi connectivity index (χ4v) is 4.28. The predicted octanol–water partition coefficient (Wildman–Crippen LogP) is 6.51. The summed E-state index contributed by atoms with van der Waals surface area (Å²) in [6.45, 7) is 8.51. The van der Waals surface area contributed by atoms with E-state index in [-0.39, 0.29) is 26.5 Å². The molecule has 0 fully saturated rings. The van der Waals surface area contributed by atoms with Gasteiger partial charge >= 0.3 is 0 Å². The van der Waals surface area contributed by atoms with Gasteiger partial charge in [0.25, 0.3) is 0 Å². The van der Waals surface area contributed by atoms with Gasteiger partial charge in [0.2, 0.25) is 0 Å². The molecule has 6 rings (SSSR count). The van der Waals surface area contributed by atoms with Crippen molar-refractivity contribution in [2.45, 2.75) is 26.2 Å². The largest absolute Gasteiger partial charge is 0.510 e. The molecule has 0 radical (unpaired) electrons. The van der Waals surface area contributed by atoms with Crippen molar-refractivity contribution in [1.29, 1.82) is 0 Å². The minimum atomic E-state index is -0.0310. The Morgan fingerprint density at radius 1 is 0.897 bits per heavy atom. The zero-order valence-electron chi connectivity index (χ0n) is 22.1. The van der Waals surface area contributed by atoms with Gasteiger partial charge in [0.15, 0.2) is 5.82 Å². The van der Waals surface area contributed by atoms with Gasteiger partial charge in [0, 0.05) is 44.3 Å². The molecule has 0 unspecified atom stereocenters. The SMILES string of the molecule is CN1C=CN(c2[c-]c(Oc3[c-]c4c(nc3)c(-c3ccccc3)nn4-c3cc(C(C)(C)C)ccn3)ccc2)[CH-]1.[Pt]. The summed E-state index contributed by atoms with van der Waals surface area (Å²) >= 11 is 0. The van der Waals surface area contributed by atoms with Crippen LogP contribution in [0, 0.1) is 18.8 Å². The molecule has 5 aromatic rings. The number of hydrogen-bond donors (Lipinski definition) is 0. The van der Waals surface area contributed by atoms with Crippen LogP contribution < -0.4 is 9.64 Å². The van der Waals surface area contributed by atoms with Crippen molar-refractivity contribution < 1.29 is 25.8 Å². The molecule has 8 heteroatoms. The van der Waals surface area contributed by atoms with E-state index in [0.717, 1.165) is 28.0 Å². The number of ether oxygens (including phenoxy) is 1. The maximum atomic E-state index is 6.18. The fraction of sp³-hybridized carbons (Fsp3) is 0.161. The van der Waals surface area contributed by atoms with E-state index in [4.69, 9.17) is 14.8 Å². The van der Waals surface area contributed by atoms with E-state index in [1.54, 1.807) is 10.9 Å². The standard InChI is InChI=1S/C31H27N6O.Pt/c1-31(2,3)23-13-14-32-28(17-23)37-27-19-26(20-33-30(27)29(34-37)22-9-6-5-7-10-22)38-25-12-8-11-24(18-25)36-16-15-35(4)21-36;/h5-17,20-21H,1-4H3;/q-3;. The molecule has 39 heavy (non-hydrogen) atoms. The van der Waals surface area contributed by atoms with Crippen molar-refractivity contribution in [1.82, 2.24) is 24.6 Å². The van der Waals surface area contributed by atoms with Crippen molar-refractivity contribution in [3.63, 3.8) is 0 Å². The molecule has 0 N–H and O–H groups in total. The minimum Gasteiger partial charge on any atom is -0.510 e. The van der Waals surface area contributed by atoms with Crippen molar-refractivity contribution in [3.05, 3.63) is 110 Å². The van der Waals surface area contributed by atoms with E-state index < -0.39 is 0 Å². The normalized spacial score (nSPS) is 13.1. The van der Waals surface area contributed by atoms with Crippen LogP contribution in [0.25, 0.3) is 28.1 Å². The summed E-state index contributed by atoms with van der Waals surface area (Å²) in [6.07, 6.45) is 7.44. The van der Waals surface area contributed by atoms with Gasteiger partial charge in [0.1, 0.15) is 0 Å². The second kappa shape index (κ2) is 10.7. The van der Waals surface area contributed by atoms with Crippen molar-refractivity contribution in [2.24, 2.45) is 0 Å². The molecule has 0 aliphatic carbocycles. The number of anilines is 1. The third-order valence-corrected chi connectivity index (χ3v) is 6.31. The molecule has 1 aliphatic rings. The molecule has 0 atom stereocenters. The van der Waals surface area contributed by atoms with Gasteiger partial charge in [-0.15, -0.1) is 30.0 Å². The van der Waals surface area contributed by atoms with E-state index in [9.17, 15) is 0 Å². The second-order valence-corrected chi connectivity index (χ2v) is 10.2. The smallest absolute Gasteiger partial charge is 0.151 e. The molecule has 2 aromatic carbocycles. The number of pyridine rings is 2.